The van der Waals surface area contributed by atoms with Crippen LogP contribution >= 0.6 is 22.7 Å². The molecule has 4 heterocycles. The minimum Gasteiger partial charge on any atom is -0.318 e. The number of rotatable bonds is 4. The lowest BCUT2D eigenvalue weighted by molar-refractivity contribution is 1.13. The lowest BCUT2D eigenvalue weighted by Crippen LogP contribution is -2.08. The van der Waals surface area contributed by atoms with Gasteiger partial charge in [0, 0.05) is 73.0 Å². The number of para-hydroxylation sites is 2. The van der Waals surface area contributed by atoms with Crippen LogP contribution in [0, 0.1) is 17.9 Å². The van der Waals surface area contributed by atoms with Gasteiger partial charge in [-0.1, -0.05) is 146 Å². The van der Waals surface area contributed by atoms with Gasteiger partial charge in [0.25, 0.3) is 0 Å². The molecule has 0 aliphatic rings. The fourth-order valence-electron chi connectivity index (χ4n) is 11.6. The molecule has 15 aromatic rings. The summed E-state index contributed by atoms with van der Waals surface area (Å²) in [6.45, 7) is 9.49. The molecule has 4 nitrogen and oxygen atoms in total. The van der Waals surface area contributed by atoms with Crippen molar-refractivity contribution in [1.82, 2.24) is 9.13 Å². The Bertz CT molecular complexity index is 4640. The summed E-state index contributed by atoms with van der Waals surface area (Å²) in [6.07, 6.45) is 0. The maximum atomic E-state index is 12.2. The van der Waals surface area contributed by atoms with Crippen LogP contribution in [0.1, 0.15) is 5.56 Å². The first kappa shape index (κ1) is 39.0. The van der Waals surface area contributed by atoms with Crippen molar-refractivity contribution >= 4 is 134 Å². The van der Waals surface area contributed by atoms with E-state index in [1.165, 1.54) is 40.3 Å². The lowest BCUT2D eigenvalue weighted by Gasteiger charge is -2.26. The monoisotopic (exact) mass is 922 g/mol. The van der Waals surface area contributed by atoms with E-state index in [4.69, 9.17) is 0 Å². The molecule has 0 spiro atoms. The van der Waals surface area contributed by atoms with E-state index in [-0.39, 0.29) is 0 Å². The maximum Gasteiger partial charge on any atom is 0.220 e. The Morgan fingerprint density at radius 3 is 1.34 bits per heavy atom. The van der Waals surface area contributed by atoms with Crippen molar-refractivity contribution in [3.63, 3.8) is 0 Å². The fraction of sp³-hybridized carbons (Fsp3) is 0. The molecule has 0 N–H and O–H groups in total. The third-order valence-electron chi connectivity index (χ3n) is 14.5. The average molecular weight is 923 g/mol. The summed E-state index contributed by atoms with van der Waals surface area (Å²) < 4.78 is 9.59. The van der Waals surface area contributed by atoms with Gasteiger partial charge in [-0.3, -0.25) is 0 Å². The van der Waals surface area contributed by atoms with E-state index in [0.29, 0.717) is 16.8 Å². The van der Waals surface area contributed by atoms with Gasteiger partial charge < -0.3 is 9.13 Å². The number of thiophene rings is 2. The Labute approximate surface area is 408 Å². The summed E-state index contributed by atoms with van der Waals surface area (Å²) in [5.74, 6) is 0. The second kappa shape index (κ2) is 14.7. The molecular weight excluding hydrogens is 889 g/mol. The van der Waals surface area contributed by atoms with Crippen LogP contribution < -0.4 is 0 Å². The zero-order valence-electron chi connectivity index (χ0n) is 37.2. The second-order valence-corrected chi connectivity index (χ2v) is 20.3. The summed E-state index contributed by atoms with van der Waals surface area (Å²) in [5.41, 5.74) is 9.45. The molecule has 0 fully saturated rings. The predicted octanol–water partition coefficient (Wildman–Crippen LogP) is 18.7. The third kappa shape index (κ3) is 5.32. The molecule has 0 aliphatic carbocycles. The second-order valence-electron chi connectivity index (χ2n) is 18.1. The number of hydrogen-bond donors (Lipinski definition) is 0. The van der Waals surface area contributed by atoms with Crippen molar-refractivity contribution in [2.24, 2.45) is 0 Å². The molecule has 0 aliphatic heterocycles. The molecule has 6 heteroatoms. The first-order chi connectivity index (χ1) is 34.7. The first-order valence-corrected chi connectivity index (χ1v) is 25.0. The van der Waals surface area contributed by atoms with Crippen LogP contribution in [0.5, 0.6) is 0 Å². The van der Waals surface area contributed by atoms with Gasteiger partial charge in [0.15, 0.2) is 0 Å². The lowest BCUT2D eigenvalue weighted by atomic mass is 9.87. The molecule has 0 saturated carbocycles. The van der Waals surface area contributed by atoms with Gasteiger partial charge >= 0.3 is 0 Å². The highest BCUT2D eigenvalue weighted by molar-refractivity contribution is 7.26. The number of benzene rings is 11. The Balaban J connectivity index is 1.22. The van der Waals surface area contributed by atoms with Crippen LogP contribution in [0.3, 0.4) is 0 Å². The number of nitriles is 1. The SMILES string of the molecule is [C-]#[N+]c1c(-c2ccc3ccccc3c2)c(C#N)c(-n2c3ccccc3c3c4c(ccc32)sc2ccccc24)c(-c2ccc3ccccc3c2)c1-n1c2ccccc2c2c3c(ccc21)sc1ccccc13. The van der Waals surface area contributed by atoms with Gasteiger partial charge in [-0.15, -0.1) is 22.7 Å². The molecule has 11 aromatic carbocycles. The topological polar surface area (TPSA) is 38.0 Å². The minimum atomic E-state index is 0.420. The molecule has 322 valence electrons. The van der Waals surface area contributed by atoms with Crippen molar-refractivity contribution in [1.29, 1.82) is 5.26 Å². The van der Waals surface area contributed by atoms with E-state index in [1.807, 2.05) is 34.8 Å². The van der Waals surface area contributed by atoms with Gasteiger partial charge in [-0.25, -0.2) is 4.85 Å². The predicted molar refractivity (Wildman–Crippen MR) is 298 cm³/mol. The summed E-state index contributed by atoms with van der Waals surface area (Å²) in [6, 6.07) is 76.2. The summed E-state index contributed by atoms with van der Waals surface area (Å²) >= 11 is 3.62. The molecule has 0 unspecified atom stereocenters. The van der Waals surface area contributed by atoms with E-state index in [2.05, 4.69) is 214 Å². The van der Waals surface area contributed by atoms with Crippen LogP contribution in [0.15, 0.2) is 206 Å². The number of nitrogens with zero attached hydrogens (tertiary/aromatic N) is 4. The van der Waals surface area contributed by atoms with E-state index in [1.54, 1.807) is 0 Å². The molecule has 70 heavy (non-hydrogen) atoms. The Morgan fingerprint density at radius 2 is 0.829 bits per heavy atom. The largest absolute Gasteiger partial charge is 0.318 e. The molecule has 15 rings (SSSR count). The molecule has 0 amide bonds. The fourth-order valence-corrected chi connectivity index (χ4v) is 13.9. The highest BCUT2D eigenvalue weighted by Gasteiger charge is 2.33. The minimum absolute atomic E-state index is 0.420. The molecule has 0 bridgehead atoms. The zero-order chi connectivity index (χ0) is 46.2. The van der Waals surface area contributed by atoms with Crippen molar-refractivity contribution in [3.05, 3.63) is 223 Å². The average Bonchev–Trinajstić information content (AvgIpc) is 4.17. The smallest absolute Gasteiger partial charge is 0.220 e. The Kier molecular flexibility index (Phi) is 8.21. The van der Waals surface area contributed by atoms with E-state index in [0.717, 1.165) is 93.2 Å². The Hall–Kier alpha value is -9.04. The first-order valence-electron chi connectivity index (χ1n) is 23.3. The van der Waals surface area contributed by atoms with Gasteiger partial charge in [0.05, 0.1) is 45.6 Å². The normalized spacial score (nSPS) is 12.0. The van der Waals surface area contributed by atoms with E-state index >= 15 is 0 Å². The van der Waals surface area contributed by atoms with Crippen molar-refractivity contribution in [2.75, 3.05) is 0 Å². The summed E-state index contributed by atoms with van der Waals surface area (Å²) in [5, 5.41) is 25.8. The Morgan fingerprint density at radius 1 is 0.386 bits per heavy atom. The van der Waals surface area contributed by atoms with Crippen molar-refractivity contribution < 1.29 is 0 Å². The van der Waals surface area contributed by atoms with Crippen molar-refractivity contribution in [2.45, 2.75) is 0 Å². The maximum absolute atomic E-state index is 12.2. The summed E-state index contributed by atoms with van der Waals surface area (Å²) in [7, 11) is 0. The quantitative estimate of drug-likeness (QED) is 0.162. The highest BCUT2D eigenvalue weighted by atomic mass is 32.1. The van der Waals surface area contributed by atoms with Gasteiger partial charge in [0.1, 0.15) is 6.07 Å². The van der Waals surface area contributed by atoms with Crippen LogP contribution in [-0.2, 0) is 0 Å². The van der Waals surface area contributed by atoms with E-state index < -0.39 is 0 Å². The standard InChI is InChI=1S/C64H34N4S2/c1-66-62-56(41-28-26-37-14-2-4-16-39(37)34-41)47(36-65)63(67-48-22-10-6-18-43(48)58-50(67)30-32-54-60(58)45-20-8-12-24-52(45)69-54)57(42-29-27-38-15-3-5-17-40(38)35-42)64(62)68-49-23-11-7-19-44(49)59-51(68)31-33-55-61(59)46-21-9-13-25-53(46)70-55/h2-35H. The van der Waals surface area contributed by atoms with Crippen LogP contribution in [0.25, 0.3) is 144 Å². The molecule has 0 radical (unpaired) electrons. The van der Waals surface area contributed by atoms with Crippen LogP contribution in [0.4, 0.5) is 5.69 Å². The van der Waals surface area contributed by atoms with Crippen LogP contribution in [0.2, 0.25) is 0 Å². The van der Waals surface area contributed by atoms with Gasteiger partial charge in [-0.2, -0.15) is 5.26 Å². The van der Waals surface area contributed by atoms with Gasteiger partial charge in [0.2, 0.25) is 5.69 Å². The molecule has 0 saturated heterocycles. The molecular formula is C64H34N4S2. The number of hydrogen-bond acceptors (Lipinski definition) is 3. The molecule has 4 aromatic heterocycles. The van der Waals surface area contributed by atoms with E-state index in [9.17, 15) is 11.8 Å². The van der Waals surface area contributed by atoms with Gasteiger partial charge in [-0.05, 0) is 93.3 Å². The summed E-state index contributed by atoms with van der Waals surface area (Å²) in [4.78, 5) is 4.64. The number of fused-ring (bicyclic) bond motifs is 16. The molecule has 0 atom stereocenters. The third-order valence-corrected chi connectivity index (χ3v) is 16.8. The number of aromatic nitrogens is 2. The van der Waals surface area contributed by atoms with Crippen molar-refractivity contribution in [3.8, 4) is 39.7 Å². The highest BCUT2D eigenvalue weighted by Crippen LogP contribution is 2.54. The van der Waals surface area contributed by atoms with Crippen LogP contribution in [-0.4, -0.2) is 9.13 Å². The zero-order valence-corrected chi connectivity index (χ0v) is 38.9.